The van der Waals surface area contributed by atoms with Crippen molar-refractivity contribution in [3.05, 3.63) is 27.7 Å². The van der Waals surface area contributed by atoms with Gasteiger partial charge in [-0.3, -0.25) is 4.79 Å². The van der Waals surface area contributed by atoms with Crippen molar-refractivity contribution in [3.8, 4) is 5.75 Å². The molecule has 2 rings (SSSR count). The van der Waals surface area contributed by atoms with Gasteiger partial charge in [0.1, 0.15) is 5.75 Å². The summed E-state index contributed by atoms with van der Waals surface area (Å²) in [6, 6.07) is 4.08. The Morgan fingerprint density at radius 2 is 2.17 bits per heavy atom. The molecule has 24 heavy (non-hydrogen) atoms. The molecule has 3 N–H and O–H groups in total. The summed E-state index contributed by atoms with van der Waals surface area (Å²) >= 11 is 3.41. The molecule has 1 aromatic rings. The zero-order valence-electron chi connectivity index (χ0n) is 14.2. The van der Waals surface area contributed by atoms with Crippen molar-refractivity contribution in [2.45, 2.75) is 45.3 Å². The van der Waals surface area contributed by atoms with E-state index in [1.165, 1.54) is 12.8 Å². The molecule has 0 aromatic heterocycles. The minimum atomic E-state index is -0.158. The second-order valence-corrected chi connectivity index (χ2v) is 6.51. The van der Waals surface area contributed by atoms with Gasteiger partial charge in [0.25, 0.3) is 0 Å². The first-order chi connectivity index (χ1) is 10.6. The van der Waals surface area contributed by atoms with Crippen LogP contribution >= 0.6 is 28.3 Å². The highest BCUT2D eigenvalue weighted by atomic mass is 79.9. The van der Waals surface area contributed by atoms with E-state index in [1.807, 2.05) is 0 Å². The zero-order chi connectivity index (χ0) is 16.1. The number of Topliss-reactive ketones (excluding diaryl/α,β-unsaturated/α-hetero) is 1. The molecule has 0 bridgehead atoms. The molecule has 1 aliphatic heterocycles. The number of benzene rings is 1. The molecule has 0 amide bonds. The standard InChI is InChI=1S/C17H24BrNO3.ClH.H2O/c1-3-19-10-4-5-13(19)7-9-15(21)16-12(11-20)6-8-14(18)17(16)22-2;;/h6,8,13,20H,3-5,7,9-11H2,1-2H3;1H;1H2/t13-;;/m1../s1. The van der Waals surface area contributed by atoms with Crippen LogP contribution in [0.3, 0.4) is 0 Å². The van der Waals surface area contributed by atoms with Crippen molar-refractivity contribution in [2.75, 3.05) is 20.2 Å². The van der Waals surface area contributed by atoms with Gasteiger partial charge >= 0.3 is 0 Å². The molecule has 1 aliphatic rings. The van der Waals surface area contributed by atoms with Crippen molar-refractivity contribution in [2.24, 2.45) is 0 Å². The fourth-order valence-corrected chi connectivity index (χ4v) is 3.79. The Labute approximate surface area is 158 Å². The second kappa shape index (κ2) is 11.1. The lowest BCUT2D eigenvalue weighted by atomic mass is 9.97. The van der Waals surface area contributed by atoms with Crippen molar-refractivity contribution in [1.29, 1.82) is 0 Å². The summed E-state index contributed by atoms with van der Waals surface area (Å²) in [4.78, 5) is 15.1. The summed E-state index contributed by atoms with van der Waals surface area (Å²) in [5.41, 5.74) is 1.14. The molecule has 0 aliphatic carbocycles. The van der Waals surface area contributed by atoms with Gasteiger partial charge in [0.2, 0.25) is 0 Å². The number of hydrogen-bond donors (Lipinski definition) is 1. The van der Waals surface area contributed by atoms with Crippen LogP contribution in [0.25, 0.3) is 0 Å². The molecule has 0 radical (unpaired) electrons. The van der Waals surface area contributed by atoms with Gasteiger partial charge in [-0.05, 0) is 59.9 Å². The fourth-order valence-electron chi connectivity index (χ4n) is 3.30. The van der Waals surface area contributed by atoms with Crippen LogP contribution in [0.15, 0.2) is 16.6 Å². The highest BCUT2D eigenvalue weighted by Crippen LogP contribution is 2.33. The first-order valence-corrected chi connectivity index (χ1v) is 8.65. The summed E-state index contributed by atoms with van der Waals surface area (Å²) in [6.45, 7) is 4.19. The van der Waals surface area contributed by atoms with Gasteiger partial charge in [0.05, 0.1) is 23.8 Å². The number of halogens is 2. The molecule has 7 heteroatoms. The van der Waals surface area contributed by atoms with Gasteiger partial charge in [0, 0.05) is 12.5 Å². The molecule has 5 nitrogen and oxygen atoms in total. The Bertz CT molecular complexity index is 542. The lowest BCUT2D eigenvalue weighted by molar-refractivity contribution is 0.0961. The Balaban J connectivity index is 0.00000264. The summed E-state index contributed by atoms with van der Waals surface area (Å²) < 4.78 is 6.11. The lowest BCUT2D eigenvalue weighted by Crippen LogP contribution is -2.29. The quantitative estimate of drug-likeness (QED) is 0.682. The first-order valence-electron chi connectivity index (χ1n) is 7.85. The number of ketones is 1. The summed E-state index contributed by atoms with van der Waals surface area (Å²) in [6.07, 6.45) is 3.74. The van der Waals surface area contributed by atoms with E-state index in [-0.39, 0.29) is 30.3 Å². The van der Waals surface area contributed by atoms with E-state index in [9.17, 15) is 9.90 Å². The SMILES string of the molecule is CCN1CCC[C@@H]1CCC(=O)c1c(CO)ccc(Br)c1OC.Cl.O. The fraction of sp³-hybridized carbons (Fsp3) is 0.588. The molecule has 1 fully saturated rings. The van der Waals surface area contributed by atoms with E-state index >= 15 is 0 Å². The minimum Gasteiger partial charge on any atom is -0.495 e. The van der Waals surface area contributed by atoms with Gasteiger partial charge in [-0.25, -0.2) is 0 Å². The second-order valence-electron chi connectivity index (χ2n) is 5.66. The van der Waals surface area contributed by atoms with Crippen LogP contribution in [0.1, 0.15) is 48.5 Å². The normalized spacial score (nSPS) is 17.1. The van der Waals surface area contributed by atoms with Gasteiger partial charge in [0.15, 0.2) is 5.78 Å². The van der Waals surface area contributed by atoms with Crippen LogP contribution in [0.2, 0.25) is 0 Å². The maximum absolute atomic E-state index is 12.7. The molecule has 0 saturated carbocycles. The highest BCUT2D eigenvalue weighted by molar-refractivity contribution is 9.10. The topological polar surface area (TPSA) is 81.3 Å². The number of rotatable bonds is 7. The summed E-state index contributed by atoms with van der Waals surface area (Å²) in [5.74, 6) is 0.570. The number of carbonyl (C=O) groups is 1. The number of aliphatic hydroxyl groups excluding tert-OH is 1. The summed E-state index contributed by atoms with van der Waals surface area (Å²) in [7, 11) is 1.55. The number of carbonyl (C=O) groups excluding carboxylic acids is 1. The third-order valence-electron chi connectivity index (χ3n) is 4.46. The van der Waals surface area contributed by atoms with Crippen LogP contribution in [-0.4, -0.2) is 47.5 Å². The van der Waals surface area contributed by atoms with Crippen LogP contribution in [0, 0.1) is 0 Å². The van der Waals surface area contributed by atoms with Crippen LogP contribution in [0.4, 0.5) is 0 Å². The number of likely N-dealkylation sites (tertiary alicyclic amines) is 1. The predicted octanol–water partition coefficient (Wildman–Crippen LogP) is 2.99. The average Bonchev–Trinajstić information content (AvgIpc) is 2.99. The van der Waals surface area contributed by atoms with Gasteiger partial charge in [-0.1, -0.05) is 13.0 Å². The van der Waals surface area contributed by atoms with Crippen molar-refractivity contribution in [1.82, 2.24) is 4.90 Å². The predicted molar refractivity (Wildman–Crippen MR) is 101 cm³/mol. The molecule has 0 unspecified atom stereocenters. The first kappa shape index (κ1) is 23.3. The minimum absolute atomic E-state index is 0. The van der Waals surface area contributed by atoms with Crippen molar-refractivity contribution in [3.63, 3.8) is 0 Å². The highest BCUT2D eigenvalue weighted by Gasteiger charge is 2.25. The van der Waals surface area contributed by atoms with Crippen LogP contribution in [-0.2, 0) is 6.61 Å². The molecular weight excluding hydrogens is 398 g/mol. The van der Waals surface area contributed by atoms with Crippen molar-refractivity contribution >= 4 is 34.1 Å². The van der Waals surface area contributed by atoms with E-state index in [0.717, 1.165) is 24.0 Å². The molecule has 1 atom stereocenters. The zero-order valence-corrected chi connectivity index (χ0v) is 16.6. The van der Waals surface area contributed by atoms with E-state index < -0.39 is 0 Å². The number of ether oxygens (including phenoxy) is 1. The Morgan fingerprint density at radius 3 is 2.75 bits per heavy atom. The Morgan fingerprint density at radius 1 is 1.46 bits per heavy atom. The van der Waals surface area contributed by atoms with Crippen molar-refractivity contribution < 1.29 is 20.1 Å². The third kappa shape index (κ3) is 5.17. The average molecular weight is 425 g/mol. The number of aliphatic hydroxyl groups is 1. The molecule has 1 heterocycles. The number of methoxy groups -OCH3 is 1. The van der Waals surface area contributed by atoms with Crippen LogP contribution in [0.5, 0.6) is 5.75 Å². The van der Waals surface area contributed by atoms with Crippen LogP contribution < -0.4 is 4.74 Å². The van der Waals surface area contributed by atoms with E-state index in [4.69, 9.17) is 4.74 Å². The largest absolute Gasteiger partial charge is 0.495 e. The molecule has 0 spiro atoms. The number of hydrogen-bond acceptors (Lipinski definition) is 4. The lowest BCUT2D eigenvalue weighted by Gasteiger charge is -2.22. The molecule has 138 valence electrons. The van der Waals surface area contributed by atoms with E-state index in [1.54, 1.807) is 19.2 Å². The molecule has 1 saturated heterocycles. The maximum Gasteiger partial charge on any atom is 0.167 e. The Kier molecular flexibility index (Phi) is 10.7. The van der Waals surface area contributed by atoms with Gasteiger partial charge in [-0.15, -0.1) is 12.4 Å². The monoisotopic (exact) mass is 423 g/mol. The Hall–Kier alpha value is -0.660. The molecule has 1 aromatic carbocycles. The van der Waals surface area contributed by atoms with E-state index in [0.29, 0.717) is 29.3 Å². The third-order valence-corrected chi connectivity index (χ3v) is 5.08. The maximum atomic E-state index is 12.7. The van der Waals surface area contributed by atoms with E-state index in [2.05, 4.69) is 27.8 Å². The summed E-state index contributed by atoms with van der Waals surface area (Å²) in [5, 5.41) is 9.51. The number of nitrogens with zero attached hydrogens (tertiary/aromatic N) is 1. The van der Waals surface area contributed by atoms with Gasteiger partial charge < -0.3 is 20.2 Å². The van der Waals surface area contributed by atoms with Gasteiger partial charge in [-0.2, -0.15) is 0 Å². The molecular formula is C17H27BrClNO4. The smallest absolute Gasteiger partial charge is 0.167 e.